The van der Waals surface area contributed by atoms with E-state index in [1.54, 1.807) is 0 Å². The number of carboxylic acid groups (broad SMARTS) is 1. The maximum atomic E-state index is 12.2. The lowest BCUT2D eigenvalue weighted by Gasteiger charge is -2.21. The highest BCUT2D eigenvalue weighted by molar-refractivity contribution is 7.89. The molecule has 1 rings (SSSR count). The second kappa shape index (κ2) is 5.50. The largest absolute Gasteiger partial charge is 0.480 e. The number of likely N-dealkylation sites (N-methyl/N-ethyl adjacent to an activating group) is 1. The lowest BCUT2D eigenvalue weighted by Crippen LogP contribution is -2.40. The highest BCUT2D eigenvalue weighted by Crippen LogP contribution is 2.18. The van der Waals surface area contributed by atoms with Crippen molar-refractivity contribution >= 4 is 21.8 Å². The van der Waals surface area contributed by atoms with Crippen molar-refractivity contribution in [2.24, 2.45) is 0 Å². The molecule has 0 fully saturated rings. The van der Waals surface area contributed by atoms with Crippen LogP contribution in [0.3, 0.4) is 0 Å². The molecule has 6 nitrogen and oxygen atoms in total. The van der Waals surface area contributed by atoms with Gasteiger partial charge >= 0.3 is 5.97 Å². The molecule has 0 saturated heterocycles. The summed E-state index contributed by atoms with van der Waals surface area (Å²) in [6, 6.07) is 4.33. The van der Waals surface area contributed by atoms with E-state index in [9.17, 15) is 18.0 Å². The number of Topliss-reactive ketones (excluding diaryl/α,β-unsaturated/α-hetero) is 1. The van der Waals surface area contributed by atoms with Gasteiger partial charge in [0.1, 0.15) is 6.04 Å². The molecule has 0 aromatic heterocycles. The van der Waals surface area contributed by atoms with Crippen LogP contribution in [-0.4, -0.2) is 42.7 Å². The third-order valence-electron chi connectivity index (χ3n) is 2.82. The predicted octanol–water partition coefficient (Wildman–Crippen LogP) is 0.983. The summed E-state index contributed by atoms with van der Waals surface area (Å²) < 4.78 is 25.2. The molecule has 1 aromatic rings. The zero-order valence-corrected chi connectivity index (χ0v) is 11.6. The average molecular weight is 285 g/mol. The first-order valence-electron chi connectivity index (χ1n) is 5.49. The van der Waals surface area contributed by atoms with Crippen molar-refractivity contribution in [1.82, 2.24) is 4.31 Å². The average Bonchev–Trinajstić information content (AvgIpc) is 2.36. The molecule has 0 saturated carbocycles. The number of carbonyl (C=O) groups excluding carboxylic acids is 1. The maximum Gasteiger partial charge on any atom is 0.321 e. The normalized spacial score (nSPS) is 13.3. The van der Waals surface area contributed by atoms with Crippen molar-refractivity contribution < 1.29 is 23.1 Å². The molecule has 7 heteroatoms. The zero-order chi connectivity index (χ0) is 14.8. The number of rotatable bonds is 5. The van der Waals surface area contributed by atoms with Crippen LogP contribution in [0.15, 0.2) is 29.2 Å². The monoisotopic (exact) mass is 285 g/mol. The minimum absolute atomic E-state index is 0.101. The van der Waals surface area contributed by atoms with E-state index in [0.717, 1.165) is 4.31 Å². The molecule has 0 heterocycles. The van der Waals surface area contributed by atoms with Gasteiger partial charge in [-0.05, 0) is 26.0 Å². The number of hydrogen-bond donors (Lipinski definition) is 1. The molecule has 0 aliphatic carbocycles. The summed E-state index contributed by atoms with van der Waals surface area (Å²) in [5.74, 6) is -1.50. The van der Waals surface area contributed by atoms with E-state index >= 15 is 0 Å². The first kappa shape index (κ1) is 15.3. The Morgan fingerprint density at radius 1 is 1.32 bits per heavy atom. The van der Waals surface area contributed by atoms with Gasteiger partial charge in [0.25, 0.3) is 0 Å². The fourth-order valence-electron chi connectivity index (χ4n) is 1.41. The van der Waals surface area contributed by atoms with E-state index in [1.807, 2.05) is 0 Å². The summed E-state index contributed by atoms with van der Waals surface area (Å²) in [7, 11) is -2.75. The Bertz CT molecular complexity index is 608. The molecule has 1 unspecified atom stereocenters. The van der Waals surface area contributed by atoms with Gasteiger partial charge in [0, 0.05) is 12.6 Å². The van der Waals surface area contributed by atoms with E-state index in [-0.39, 0.29) is 16.2 Å². The number of carboxylic acids is 1. The smallest absolute Gasteiger partial charge is 0.321 e. The minimum Gasteiger partial charge on any atom is -0.480 e. The Kier molecular flexibility index (Phi) is 4.43. The Hall–Kier alpha value is -1.73. The first-order chi connectivity index (χ1) is 8.67. The lowest BCUT2D eigenvalue weighted by atomic mass is 10.2. The Balaban J connectivity index is 3.24. The van der Waals surface area contributed by atoms with Gasteiger partial charge in [-0.25, -0.2) is 8.42 Å². The van der Waals surface area contributed by atoms with Crippen LogP contribution in [0.4, 0.5) is 0 Å². The van der Waals surface area contributed by atoms with Gasteiger partial charge in [-0.1, -0.05) is 12.1 Å². The summed E-state index contributed by atoms with van der Waals surface area (Å²) in [5.41, 5.74) is 0.262. The van der Waals surface area contributed by atoms with Crippen LogP contribution in [0, 0.1) is 0 Å². The van der Waals surface area contributed by atoms with Gasteiger partial charge < -0.3 is 5.11 Å². The number of ketones is 1. The fourth-order valence-corrected chi connectivity index (χ4v) is 2.77. The van der Waals surface area contributed by atoms with Crippen LogP contribution in [-0.2, 0) is 14.8 Å². The summed E-state index contributed by atoms with van der Waals surface area (Å²) in [6.07, 6.45) is 0. The van der Waals surface area contributed by atoms with E-state index in [1.165, 1.54) is 45.2 Å². The highest BCUT2D eigenvalue weighted by atomic mass is 32.2. The van der Waals surface area contributed by atoms with Gasteiger partial charge in [0.2, 0.25) is 10.0 Å². The Labute approximate surface area is 111 Å². The molecule has 0 bridgehead atoms. The van der Waals surface area contributed by atoms with Gasteiger partial charge in [0.15, 0.2) is 5.78 Å². The quantitative estimate of drug-likeness (QED) is 0.814. The molecular weight excluding hydrogens is 270 g/mol. The minimum atomic E-state index is -3.94. The number of benzene rings is 1. The first-order valence-corrected chi connectivity index (χ1v) is 6.93. The van der Waals surface area contributed by atoms with E-state index in [2.05, 4.69) is 0 Å². The third kappa shape index (κ3) is 3.18. The van der Waals surface area contributed by atoms with Crippen LogP contribution in [0.25, 0.3) is 0 Å². The van der Waals surface area contributed by atoms with Crippen LogP contribution < -0.4 is 0 Å². The predicted molar refractivity (Wildman–Crippen MR) is 68.5 cm³/mol. The second-order valence-electron chi connectivity index (χ2n) is 4.12. The van der Waals surface area contributed by atoms with Crippen molar-refractivity contribution in [3.8, 4) is 0 Å². The molecule has 0 aliphatic heterocycles. The van der Waals surface area contributed by atoms with Crippen molar-refractivity contribution in [2.75, 3.05) is 7.05 Å². The lowest BCUT2D eigenvalue weighted by molar-refractivity contribution is -0.140. The molecule has 1 aromatic carbocycles. The van der Waals surface area contributed by atoms with Crippen molar-refractivity contribution in [2.45, 2.75) is 24.8 Å². The Morgan fingerprint density at radius 3 is 2.37 bits per heavy atom. The molecule has 0 aliphatic rings. The SMILES string of the molecule is CC(=O)c1cccc(S(=O)(=O)N(C)C(C)C(=O)O)c1. The fraction of sp³-hybridized carbons (Fsp3) is 0.333. The molecule has 0 radical (unpaired) electrons. The molecule has 19 heavy (non-hydrogen) atoms. The van der Waals surface area contributed by atoms with E-state index in [0.29, 0.717) is 0 Å². The number of sulfonamides is 1. The molecule has 104 valence electrons. The van der Waals surface area contributed by atoms with Crippen molar-refractivity contribution in [1.29, 1.82) is 0 Å². The molecular formula is C12H15NO5S. The summed E-state index contributed by atoms with van der Waals surface area (Å²) in [5, 5.41) is 8.85. The molecule has 0 spiro atoms. The third-order valence-corrected chi connectivity index (χ3v) is 4.74. The van der Waals surface area contributed by atoms with Gasteiger partial charge in [-0.3, -0.25) is 9.59 Å². The molecule has 1 N–H and O–H groups in total. The van der Waals surface area contributed by atoms with Crippen LogP contribution in [0.2, 0.25) is 0 Å². The number of aliphatic carboxylic acids is 1. The number of carbonyl (C=O) groups is 2. The van der Waals surface area contributed by atoms with Gasteiger partial charge in [-0.2, -0.15) is 4.31 Å². The second-order valence-corrected chi connectivity index (χ2v) is 6.12. The maximum absolute atomic E-state index is 12.2. The summed E-state index contributed by atoms with van der Waals surface area (Å²) in [4.78, 5) is 22.0. The number of nitrogens with zero attached hydrogens (tertiary/aromatic N) is 1. The number of hydrogen-bond acceptors (Lipinski definition) is 4. The summed E-state index contributed by atoms with van der Waals surface area (Å²) in [6.45, 7) is 2.60. The molecule has 0 amide bonds. The van der Waals surface area contributed by atoms with Crippen molar-refractivity contribution in [3.63, 3.8) is 0 Å². The van der Waals surface area contributed by atoms with Crippen LogP contribution >= 0.6 is 0 Å². The van der Waals surface area contributed by atoms with Gasteiger partial charge in [-0.15, -0.1) is 0 Å². The zero-order valence-electron chi connectivity index (χ0n) is 10.8. The van der Waals surface area contributed by atoms with Crippen LogP contribution in [0.1, 0.15) is 24.2 Å². The molecule has 1 atom stereocenters. The van der Waals surface area contributed by atoms with E-state index < -0.39 is 22.0 Å². The van der Waals surface area contributed by atoms with Crippen LogP contribution in [0.5, 0.6) is 0 Å². The summed E-state index contributed by atoms with van der Waals surface area (Å²) >= 11 is 0. The van der Waals surface area contributed by atoms with E-state index in [4.69, 9.17) is 5.11 Å². The standard InChI is InChI=1S/C12H15NO5S/c1-8(12(15)16)13(3)19(17,18)11-6-4-5-10(7-11)9(2)14/h4-8H,1-3H3,(H,15,16). The Morgan fingerprint density at radius 2 is 1.89 bits per heavy atom. The highest BCUT2D eigenvalue weighted by Gasteiger charge is 2.29. The topological polar surface area (TPSA) is 91.8 Å². The van der Waals surface area contributed by atoms with Crippen molar-refractivity contribution in [3.05, 3.63) is 29.8 Å². The van der Waals surface area contributed by atoms with Gasteiger partial charge in [0.05, 0.1) is 4.90 Å².